The molecule has 1 heterocycles. The maximum atomic E-state index is 10.6. The summed E-state index contributed by atoms with van der Waals surface area (Å²) in [5.74, 6) is -0.952. The Hall–Kier alpha value is -0.810. The van der Waals surface area contributed by atoms with Gasteiger partial charge in [-0.2, -0.15) is 0 Å². The first-order valence-electron chi connectivity index (χ1n) is 4.05. The van der Waals surface area contributed by atoms with Crippen LogP contribution in [0.1, 0.15) is 20.8 Å². The predicted molar refractivity (Wildman–Crippen MR) is 58.6 cm³/mol. The van der Waals surface area contributed by atoms with Crippen LogP contribution in [-0.4, -0.2) is 34.3 Å². The second kappa shape index (κ2) is 5.17. The number of allylic oxidation sites excluding steroid dienone is 1. The molecule has 0 aromatic rings. The highest BCUT2D eigenvalue weighted by atomic mass is 32.2. The van der Waals surface area contributed by atoms with Crippen molar-refractivity contribution in [2.45, 2.75) is 25.5 Å². The molecule has 0 amide bonds. The summed E-state index contributed by atoms with van der Waals surface area (Å²) in [5, 5.41) is 15.7. The molecule has 0 aliphatic carbocycles. The largest absolute Gasteiger partial charge is 0.476 e. The lowest BCUT2D eigenvalue weighted by Crippen LogP contribution is -2.21. The summed E-state index contributed by atoms with van der Waals surface area (Å²) in [4.78, 5) is 15.3. The Bertz CT molecular complexity index is 282. The van der Waals surface area contributed by atoms with E-state index in [1.807, 2.05) is 13.8 Å². The molecule has 2 N–H and O–H groups in total. The van der Waals surface area contributed by atoms with Crippen molar-refractivity contribution in [1.29, 1.82) is 0 Å². The van der Waals surface area contributed by atoms with E-state index in [9.17, 15) is 4.79 Å². The number of aliphatic hydroxyl groups excluding tert-OH is 1. The number of aliphatic carboxylic acids is 1. The van der Waals surface area contributed by atoms with Crippen LogP contribution in [0.4, 0.5) is 0 Å². The molecule has 0 saturated heterocycles. The maximum Gasteiger partial charge on any atom is 0.355 e. The summed E-state index contributed by atoms with van der Waals surface area (Å²) in [5.41, 5.74) is 0.166. The molecule has 0 radical (unpaired) electrons. The molecule has 0 saturated carbocycles. The third kappa shape index (κ3) is 3.51. The van der Waals surface area contributed by atoms with Crippen LogP contribution >= 0.6 is 11.8 Å². The van der Waals surface area contributed by atoms with Gasteiger partial charge in [0, 0.05) is 23.0 Å². The van der Waals surface area contributed by atoms with Crippen molar-refractivity contribution in [2.75, 3.05) is 7.11 Å². The maximum absolute atomic E-state index is 10.6. The lowest BCUT2D eigenvalue weighted by molar-refractivity contribution is -0.132. The van der Waals surface area contributed by atoms with Crippen molar-refractivity contribution < 1.29 is 15.0 Å². The third-order valence-corrected chi connectivity index (χ3v) is 2.59. The topological polar surface area (TPSA) is 69.9 Å². The molecular weight excluding hydrogens is 202 g/mol. The van der Waals surface area contributed by atoms with Crippen molar-refractivity contribution in [3.05, 3.63) is 10.6 Å². The van der Waals surface area contributed by atoms with Crippen molar-refractivity contribution in [2.24, 2.45) is 4.99 Å². The number of aliphatic imine (C=N–C) groups is 1. The first-order valence-corrected chi connectivity index (χ1v) is 4.87. The van der Waals surface area contributed by atoms with Gasteiger partial charge in [-0.3, -0.25) is 4.99 Å². The van der Waals surface area contributed by atoms with Gasteiger partial charge in [0.15, 0.2) is 5.70 Å². The van der Waals surface area contributed by atoms with Gasteiger partial charge in [-0.15, -0.1) is 11.8 Å². The molecule has 0 fully saturated rings. The average Bonchev–Trinajstić information content (AvgIpc) is 2.05. The molecule has 14 heavy (non-hydrogen) atoms. The SMILES string of the molecule is CC1=C(C(=O)O)N=CC(C)(C)S1.CO. The van der Waals surface area contributed by atoms with Crippen LogP contribution in [0, 0.1) is 0 Å². The quantitative estimate of drug-likeness (QED) is 0.698. The van der Waals surface area contributed by atoms with Gasteiger partial charge in [-0.05, 0) is 20.8 Å². The van der Waals surface area contributed by atoms with Gasteiger partial charge in [0.1, 0.15) is 0 Å². The van der Waals surface area contributed by atoms with E-state index >= 15 is 0 Å². The summed E-state index contributed by atoms with van der Waals surface area (Å²) in [6.45, 7) is 5.79. The lowest BCUT2D eigenvalue weighted by Gasteiger charge is -2.23. The monoisotopic (exact) mass is 217 g/mol. The zero-order chi connectivity index (χ0) is 11.4. The number of carbonyl (C=O) groups is 1. The minimum Gasteiger partial charge on any atom is -0.476 e. The van der Waals surface area contributed by atoms with Gasteiger partial charge < -0.3 is 10.2 Å². The molecule has 0 atom stereocenters. The number of carboxylic acids is 1. The van der Waals surface area contributed by atoms with E-state index in [4.69, 9.17) is 10.2 Å². The number of nitrogens with zero attached hydrogens (tertiary/aromatic N) is 1. The Morgan fingerprint density at radius 1 is 1.50 bits per heavy atom. The van der Waals surface area contributed by atoms with Gasteiger partial charge in [0.25, 0.3) is 0 Å². The fourth-order valence-electron chi connectivity index (χ4n) is 0.986. The Morgan fingerprint density at radius 3 is 2.36 bits per heavy atom. The van der Waals surface area contributed by atoms with E-state index in [1.165, 1.54) is 11.8 Å². The average molecular weight is 217 g/mol. The summed E-state index contributed by atoms with van der Waals surface area (Å²) >= 11 is 1.53. The Kier molecular flexibility index (Phi) is 4.87. The van der Waals surface area contributed by atoms with Crippen LogP contribution < -0.4 is 0 Å². The number of aliphatic hydroxyl groups is 1. The number of hydrogen-bond acceptors (Lipinski definition) is 4. The minimum atomic E-state index is -0.952. The Morgan fingerprint density at radius 2 is 2.00 bits per heavy atom. The number of carboxylic acid groups (broad SMARTS) is 1. The van der Waals surface area contributed by atoms with E-state index in [1.54, 1.807) is 13.1 Å². The molecule has 0 unspecified atom stereocenters. The summed E-state index contributed by atoms with van der Waals surface area (Å²) < 4.78 is -0.0803. The molecular formula is C9H15NO3S. The van der Waals surface area contributed by atoms with E-state index < -0.39 is 5.97 Å². The Balaban J connectivity index is 0.000000791. The van der Waals surface area contributed by atoms with Crippen molar-refractivity contribution in [3.8, 4) is 0 Å². The first kappa shape index (κ1) is 13.2. The molecule has 0 aromatic carbocycles. The number of thioether (sulfide) groups is 1. The predicted octanol–water partition coefficient (Wildman–Crippen LogP) is 1.51. The van der Waals surface area contributed by atoms with Crippen LogP contribution in [0.25, 0.3) is 0 Å². The molecule has 5 heteroatoms. The molecule has 1 aliphatic rings. The van der Waals surface area contributed by atoms with Gasteiger partial charge >= 0.3 is 5.97 Å². The highest BCUT2D eigenvalue weighted by Gasteiger charge is 2.24. The molecule has 80 valence electrons. The van der Waals surface area contributed by atoms with Gasteiger partial charge in [0.2, 0.25) is 0 Å². The van der Waals surface area contributed by atoms with Crippen LogP contribution in [0.15, 0.2) is 15.6 Å². The van der Waals surface area contributed by atoms with Crippen molar-refractivity contribution >= 4 is 23.9 Å². The third-order valence-electron chi connectivity index (χ3n) is 1.46. The van der Waals surface area contributed by atoms with E-state index in [0.29, 0.717) is 0 Å². The highest BCUT2D eigenvalue weighted by molar-refractivity contribution is 8.05. The molecule has 1 rings (SSSR count). The van der Waals surface area contributed by atoms with Gasteiger partial charge in [0.05, 0.1) is 0 Å². The number of hydrogen-bond donors (Lipinski definition) is 2. The van der Waals surface area contributed by atoms with Crippen molar-refractivity contribution in [3.63, 3.8) is 0 Å². The van der Waals surface area contributed by atoms with Crippen LogP contribution in [0.2, 0.25) is 0 Å². The van der Waals surface area contributed by atoms with E-state index in [0.717, 1.165) is 12.0 Å². The van der Waals surface area contributed by atoms with Crippen LogP contribution in [-0.2, 0) is 4.79 Å². The normalized spacial score (nSPS) is 18.6. The fourth-order valence-corrected chi connectivity index (χ4v) is 2.12. The molecule has 4 nitrogen and oxygen atoms in total. The van der Waals surface area contributed by atoms with Crippen molar-refractivity contribution in [1.82, 2.24) is 0 Å². The molecule has 0 aromatic heterocycles. The lowest BCUT2D eigenvalue weighted by atomic mass is 10.2. The standard InChI is InChI=1S/C8H11NO2S.CH4O/c1-5-6(7(10)11)9-4-8(2,3)12-5;1-2/h4H,1-3H3,(H,10,11);2H,1H3. The molecule has 1 aliphatic heterocycles. The second-order valence-corrected chi connectivity index (χ2v) is 5.04. The minimum absolute atomic E-state index is 0.0803. The Labute approximate surface area is 87.7 Å². The van der Waals surface area contributed by atoms with Crippen LogP contribution in [0.3, 0.4) is 0 Å². The smallest absolute Gasteiger partial charge is 0.355 e. The van der Waals surface area contributed by atoms with Gasteiger partial charge in [-0.25, -0.2) is 4.79 Å². The summed E-state index contributed by atoms with van der Waals surface area (Å²) in [6.07, 6.45) is 1.67. The second-order valence-electron chi connectivity index (χ2n) is 3.17. The van der Waals surface area contributed by atoms with Gasteiger partial charge in [-0.1, -0.05) is 0 Å². The molecule has 0 bridgehead atoms. The van der Waals surface area contributed by atoms with E-state index in [2.05, 4.69) is 4.99 Å². The highest BCUT2D eigenvalue weighted by Crippen LogP contribution is 2.35. The zero-order valence-electron chi connectivity index (χ0n) is 8.74. The summed E-state index contributed by atoms with van der Waals surface area (Å²) in [7, 11) is 1.00. The van der Waals surface area contributed by atoms with E-state index in [-0.39, 0.29) is 10.4 Å². The van der Waals surface area contributed by atoms with Crippen LogP contribution in [0.5, 0.6) is 0 Å². The number of rotatable bonds is 1. The molecule has 0 spiro atoms. The first-order chi connectivity index (χ1) is 6.42. The summed E-state index contributed by atoms with van der Waals surface area (Å²) in [6, 6.07) is 0. The fraction of sp³-hybridized carbons (Fsp3) is 0.556. The zero-order valence-corrected chi connectivity index (χ0v) is 9.55.